The van der Waals surface area contributed by atoms with E-state index >= 15 is 0 Å². The fourth-order valence-electron chi connectivity index (χ4n) is 6.91. The Hall–Kier alpha value is -2.24. The van der Waals surface area contributed by atoms with E-state index in [9.17, 15) is 19.2 Å². The molecule has 28 heavy (non-hydrogen) atoms. The van der Waals surface area contributed by atoms with Crippen molar-refractivity contribution < 1.29 is 19.2 Å². The Labute approximate surface area is 163 Å². The zero-order chi connectivity index (χ0) is 19.2. The lowest BCUT2D eigenvalue weighted by Gasteiger charge is -2.19. The molecule has 2 aliphatic heterocycles. The molecule has 6 aliphatic rings. The Balaban J connectivity index is 1.05. The van der Waals surface area contributed by atoms with E-state index in [1.54, 1.807) is 0 Å². The van der Waals surface area contributed by atoms with Crippen LogP contribution < -0.4 is 0 Å². The van der Waals surface area contributed by atoms with Crippen LogP contribution in [0.1, 0.15) is 25.7 Å². The molecular weight excluding hydrogens is 356 g/mol. The Morgan fingerprint density at radius 3 is 1.14 bits per heavy atom. The van der Waals surface area contributed by atoms with E-state index in [1.807, 2.05) is 0 Å². The van der Waals surface area contributed by atoms with Gasteiger partial charge in [0.25, 0.3) is 0 Å². The van der Waals surface area contributed by atoms with Crippen LogP contribution in [0.2, 0.25) is 0 Å². The van der Waals surface area contributed by atoms with Gasteiger partial charge in [0.2, 0.25) is 23.6 Å². The number of likely N-dealkylation sites (tertiary alicyclic amines) is 2. The van der Waals surface area contributed by atoms with Gasteiger partial charge in [-0.05, 0) is 49.4 Å². The van der Waals surface area contributed by atoms with Crippen LogP contribution in [0.4, 0.5) is 0 Å². The predicted molar refractivity (Wildman–Crippen MR) is 98.1 cm³/mol. The van der Waals surface area contributed by atoms with Gasteiger partial charge >= 0.3 is 0 Å². The molecule has 6 nitrogen and oxygen atoms in total. The smallest absolute Gasteiger partial charge is 0.233 e. The summed E-state index contributed by atoms with van der Waals surface area (Å²) in [5.41, 5.74) is 0. The third-order valence-corrected chi connectivity index (χ3v) is 8.14. The van der Waals surface area contributed by atoms with E-state index in [2.05, 4.69) is 24.3 Å². The maximum Gasteiger partial charge on any atom is 0.233 e. The largest absolute Gasteiger partial charge is 0.282 e. The summed E-state index contributed by atoms with van der Waals surface area (Å²) in [5.74, 6) is 0.291. The van der Waals surface area contributed by atoms with Crippen molar-refractivity contribution in [1.82, 2.24) is 9.80 Å². The first-order chi connectivity index (χ1) is 13.6. The van der Waals surface area contributed by atoms with Crippen LogP contribution in [0.25, 0.3) is 0 Å². The highest BCUT2D eigenvalue weighted by molar-refractivity contribution is 6.07. The molecule has 0 N–H and O–H groups in total. The fraction of sp³-hybridized carbons (Fsp3) is 0.636. The summed E-state index contributed by atoms with van der Waals surface area (Å²) in [6.07, 6.45) is 11.6. The van der Waals surface area contributed by atoms with Crippen LogP contribution in [-0.4, -0.2) is 46.5 Å². The first-order valence-electron chi connectivity index (χ1n) is 10.6. The van der Waals surface area contributed by atoms with E-state index < -0.39 is 0 Å². The van der Waals surface area contributed by atoms with Gasteiger partial charge < -0.3 is 0 Å². The van der Waals surface area contributed by atoms with Crippen LogP contribution >= 0.6 is 0 Å². The molecule has 6 heteroatoms. The van der Waals surface area contributed by atoms with Gasteiger partial charge in [0.1, 0.15) is 0 Å². The molecule has 8 atom stereocenters. The Bertz CT molecular complexity index is 731. The Morgan fingerprint density at radius 1 is 0.571 bits per heavy atom. The number of unbranched alkanes of at least 4 members (excludes halogenated alkanes) is 1. The summed E-state index contributed by atoms with van der Waals surface area (Å²) < 4.78 is 0. The molecule has 0 unspecified atom stereocenters. The van der Waals surface area contributed by atoms with Crippen molar-refractivity contribution >= 4 is 23.6 Å². The number of hydrogen-bond acceptors (Lipinski definition) is 4. The van der Waals surface area contributed by atoms with E-state index in [4.69, 9.17) is 0 Å². The topological polar surface area (TPSA) is 74.8 Å². The molecule has 6 rings (SSSR count). The molecule has 4 amide bonds. The lowest BCUT2D eigenvalue weighted by Crippen LogP contribution is -2.36. The van der Waals surface area contributed by atoms with Gasteiger partial charge in [-0.1, -0.05) is 24.3 Å². The number of rotatable bonds is 5. The summed E-state index contributed by atoms with van der Waals surface area (Å²) in [7, 11) is 0. The number of allylic oxidation sites excluding steroid dienone is 4. The quantitative estimate of drug-likeness (QED) is 0.410. The predicted octanol–water partition coefficient (Wildman–Crippen LogP) is 1.38. The average molecular weight is 380 g/mol. The number of fused-ring (bicyclic) bond motifs is 10. The number of amides is 4. The van der Waals surface area contributed by atoms with Gasteiger partial charge in [-0.3, -0.25) is 29.0 Å². The molecule has 0 radical (unpaired) electrons. The highest BCUT2D eigenvalue weighted by Crippen LogP contribution is 2.53. The average Bonchev–Trinajstić information content (AvgIpc) is 3.49. The van der Waals surface area contributed by atoms with Crippen LogP contribution in [0.3, 0.4) is 0 Å². The molecule has 0 spiro atoms. The van der Waals surface area contributed by atoms with Crippen molar-refractivity contribution in [3.05, 3.63) is 24.3 Å². The molecule has 146 valence electrons. The zero-order valence-electron chi connectivity index (χ0n) is 15.7. The highest BCUT2D eigenvalue weighted by atomic mass is 16.2. The molecule has 4 aliphatic carbocycles. The standard InChI is InChI=1S/C22H24N2O4/c25-19-15-11-3-4-12(9-11)16(15)20(26)23(19)7-1-2-8-24-21(27)17-13-5-6-14(10-13)18(17)22(24)28/h3-6,11-18H,1-2,7-10H2/t11-,12-,13-,14+,15-,16+,17-,18+/m0/s1. The van der Waals surface area contributed by atoms with Crippen molar-refractivity contribution in [1.29, 1.82) is 0 Å². The summed E-state index contributed by atoms with van der Waals surface area (Å²) in [6.45, 7) is 0.806. The number of hydrogen-bond donors (Lipinski definition) is 0. The molecule has 0 aromatic carbocycles. The summed E-state index contributed by atoms with van der Waals surface area (Å²) in [6, 6.07) is 0. The molecule has 0 aromatic heterocycles. The van der Waals surface area contributed by atoms with Gasteiger partial charge in [0, 0.05) is 13.1 Å². The molecule has 4 bridgehead atoms. The van der Waals surface area contributed by atoms with E-state index in [-0.39, 0.29) is 71.0 Å². The molecular formula is C22H24N2O4. The molecule has 0 aromatic rings. The highest BCUT2D eigenvalue weighted by Gasteiger charge is 2.60. The zero-order valence-corrected chi connectivity index (χ0v) is 15.7. The summed E-state index contributed by atoms with van der Waals surface area (Å²) >= 11 is 0. The van der Waals surface area contributed by atoms with Gasteiger partial charge in [-0.2, -0.15) is 0 Å². The monoisotopic (exact) mass is 380 g/mol. The van der Waals surface area contributed by atoms with Gasteiger partial charge in [-0.25, -0.2) is 0 Å². The van der Waals surface area contributed by atoms with Gasteiger partial charge in [-0.15, -0.1) is 0 Å². The maximum atomic E-state index is 12.7. The van der Waals surface area contributed by atoms with Crippen molar-refractivity contribution in [3.8, 4) is 0 Å². The lowest BCUT2D eigenvalue weighted by molar-refractivity contribution is -0.143. The SMILES string of the molecule is O=C1[C@@H]2[C@H](C(=O)N1CCCCN1C(=O)[C@@H]3[C@H](C1=O)[C@H]1C=C[C@H]3C1)[C@@H]1C=C[C@H]2C1. The first-order valence-corrected chi connectivity index (χ1v) is 10.6. The van der Waals surface area contributed by atoms with Crippen molar-refractivity contribution in [2.24, 2.45) is 47.3 Å². The normalized spacial score (nSPS) is 44.6. The second kappa shape index (κ2) is 5.65. The first kappa shape index (κ1) is 16.7. The molecule has 2 saturated carbocycles. The van der Waals surface area contributed by atoms with Crippen molar-refractivity contribution in [2.45, 2.75) is 25.7 Å². The van der Waals surface area contributed by atoms with Crippen LogP contribution in [-0.2, 0) is 19.2 Å². The second-order valence-electron chi connectivity index (χ2n) is 9.36. The minimum atomic E-state index is -0.147. The summed E-state index contributed by atoms with van der Waals surface area (Å²) in [5, 5.41) is 0. The number of imide groups is 2. The van der Waals surface area contributed by atoms with E-state index in [0.29, 0.717) is 25.9 Å². The molecule has 4 fully saturated rings. The Morgan fingerprint density at radius 2 is 0.857 bits per heavy atom. The van der Waals surface area contributed by atoms with E-state index in [0.717, 1.165) is 12.8 Å². The lowest BCUT2D eigenvalue weighted by atomic mass is 9.85. The number of carbonyl (C=O) groups excluding carboxylic acids is 4. The minimum Gasteiger partial charge on any atom is -0.282 e. The fourth-order valence-corrected chi connectivity index (χ4v) is 6.91. The second-order valence-corrected chi connectivity index (χ2v) is 9.36. The van der Waals surface area contributed by atoms with Crippen LogP contribution in [0.5, 0.6) is 0 Å². The van der Waals surface area contributed by atoms with E-state index in [1.165, 1.54) is 9.80 Å². The Kier molecular flexibility index (Phi) is 3.37. The number of nitrogens with zero attached hydrogens (tertiary/aromatic N) is 2. The van der Waals surface area contributed by atoms with Gasteiger partial charge in [0.15, 0.2) is 0 Å². The third kappa shape index (κ3) is 1.98. The maximum absolute atomic E-state index is 12.7. The minimum absolute atomic E-state index is 0.0163. The third-order valence-electron chi connectivity index (χ3n) is 8.14. The number of carbonyl (C=O) groups is 4. The van der Waals surface area contributed by atoms with Crippen molar-refractivity contribution in [2.75, 3.05) is 13.1 Å². The van der Waals surface area contributed by atoms with Crippen molar-refractivity contribution in [3.63, 3.8) is 0 Å². The molecule has 2 heterocycles. The van der Waals surface area contributed by atoms with Gasteiger partial charge in [0.05, 0.1) is 23.7 Å². The molecule has 2 saturated heterocycles. The summed E-state index contributed by atoms with van der Waals surface area (Å²) in [4.78, 5) is 53.7. The van der Waals surface area contributed by atoms with Crippen LogP contribution in [0, 0.1) is 47.3 Å². The van der Waals surface area contributed by atoms with Crippen LogP contribution in [0.15, 0.2) is 24.3 Å².